The second-order valence-corrected chi connectivity index (χ2v) is 5.28. The molecule has 0 aromatic rings. The van der Waals surface area contributed by atoms with Gasteiger partial charge in [-0.05, 0) is 24.8 Å². The van der Waals surface area contributed by atoms with Crippen LogP contribution in [0, 0.1) is 0 Å². The number of nitrogens with one attached hydrogen (secondary N) is 1. The summed E-state index contributed by atoms with van der Waals surface area (Å²) in [5.74, 6) is 0. The van der Waals surface area contributed by atoms with Gasteiger partial charge in [0.2, 0.25) is 0 Å². The van der Waals surface area contributed by atoms with Crippen molar-refractivity contribution in [2.75, 3.05) is 39.9 Å². The molecule has 3 heteroatoms. The minimum Gasteiger partial charge on any atom is -0.380 e. The molecule has 1 N–H and O–H groups in total. The molecule has 1 aliphatic carbocycles. The fourth-order valence-corrected chi connectivity index (χ4v) is 2.83. The minimum atomic E-state index is 0.805. The second kappa shape index (κ2) is 7.14. The van der Waals surface area contributed by atoms with E-state index in [0.29, 0.717) is 0 Å². The van der Waals surface area contributed by atoms with Crippen molar-refractivity contribution in [3.63, 3.8) is 0 Å². The molecule has 0 saturated heterocycles. The van der Waals surface area contributed by atoms with Gasteiger partial charge < -0.3 is 10.1 Å². The Morgan fingerprint density at radius 3 is 2.88 bits per heavy atom. The van der Waals surface area contributed by atoms with Crippen LogP contribution in [-0.4, -0.2) is 50.8 Å². The lowest BCUT2D eigenvalue weighted by atomic mass is 10.1. The standard InChI is InChI=1S/C14H26N2O/c1-17-12-13-6-9-16(10-7-13)11-8-15-14-4-2-3-5-14/h6,14-15H,2-5,7-12H2,1H3. The van der Waals surface area contributed by atoms with Crippen molar-refractivity contribution in [3.8, 4) is 0 Å². The SMILES string of the molecule is COCC1=CCN(CCNC2CCCC2)CC1. The summed E-state index contributed by atoms with van der Waals surface area (Å²) in [5, 5.41) is 3.68. The lowest BCUT2D eigenvalue weighted by Gasteiger charge is -2.26. The molecule has 2 aliphatic rings. The second-order valence-electron chi connectivity index (χ2n) is 5.28. The molecule has 17 heavy (non-hydrogen) atoms. The molecular weight excluding hydrogens is 212 g/mol. The Balaban J connectivity index is 1.58. The van der Waals surface area contributed by atoms with Crippen LogP contribution in [0.5, 0.6) is 0 Å². The number of hydrogen-bond donors (Lipinski definition) is 1. The predicted molar refractivity (Wildman–Crippen MR) is 71.3 cm³/mol. The van der Waals surface area contributed by atoms with Crippen molar-refractivity contribution >= 4 is 0 Å². The van der Waals surface area contributed by atoms with Gasteiger partial charge in [-0.2, -0.15) is 0 Å². The molecule has 0 atom stereocenters. The summed E-state index contributed by atoms with van der Waals surface area (Å²) in [4.78, 5) is 2.53. The summed E-state index contributed by atoms with van der Waals surface area (Å²) in [5.41, 5.74) is 1.47. The maximum atomic E-state index is 5.17. The highest BCUT2D eigenvalue weighted by molar-refractivity contribution is 5.07. The van der Waals surface area contributed by atoms with Crippen LogP contribution < -0.4 is 5.32 Å². The van der Waals surface area contributed by atoms with Crippen LogP contribution in [0.15, 0.2) is 11.6 Å². The molecule has 0 aromatic carbocycles. The first-order valence-electron chi connectivity index (χ1n) is 7.01. The van der Waals surface area contributed by atoms with Gasteiger partial charge in [0.05, 0.1) is 6.61 Å². The monoisotopic (exact) mass is 238 g/mol. The van der Waals surface area contributed by atoms with E-state index in [1.807, 2.05) is 0 Å². The van der Waals surface area contributed by atoms with Gasteiger partial charge in [0, 0.05) is 39.3 Å². The van der Waals surface area contributed by atoms with E-state index in [-0.39, 0.29) is 0 Å². The number of hydrogen-bond acceptors (Lipinski definition) is 3. The molecule has 98 valence electrons. The third-order valence-corrected chi connectivity index (χ3v) is 3.93. The van der Waals surface area contributed by atoms with Crippen LogP contribution in [0.1, 0.15) is 32.1 Å². The van der Waals surface area contributed by atoms with Crippen molar-refractivity contribution in [2.45, 2.75) is 38.1 Å². The molecule has 0 unspecified atom stereocenters. The van der Waals surface area contributed by atoms with Crippen LogP contribution in [-0.2, 0) is 4.74 Å². The fourth-order valence-electron chi connectivity index (χ4n) is 2.83. The minimum absolute atomic E-state index is 0.805. The van der Waals surface area contributed by atoms with Crippen molar-refractivity contribution in [3.05, 3.63) is 11.6 Å². The Kier molecular flexibility index (Phi) is 5.49. The van der Waals surface area contributed by atoms with Crippen molar-refractivity contribution in [1.29, 1.82) is 0 Å². The first kappa shape index (κ1) is 13.1. The molecule has 0 bridgehead atoms. The van der Waals surface area contributed by atoms with Crippen LogP contribution in [0.3, 0.4) is 0 Å². The topological polar surface area (TPSA) is 24.5 Å². The van der Waals surface area contributed by atoms with Gasteiger partial charge in [-0.15, -0.1) is 0 Å². The molecule has 0 spiro atoms. The fraction of sp³-hybridized carbons (Fsp3) is 0.857. The van der Waals surface area contributed by atoms with Crippen molar-refractivity contribution in [1.82, 2.24) is 10.2 Å². The summed E-state index contributed by atoms with van der Waals surface area (Å²) in [6, 6.07) is 0.805. The Morgan fingerprint density at radius 2 is 2.24 bits per heavy atom. The number of rotatable bonds is 6. The van der Waals surface area contributed by atoms with E-state index in [4.69, 9.17) is 4.74 Å². The average Bonchev–Trinajstić information content (AvgIpc) is 2.85. The van der Waals surface area contributed by atoms with Gasteiger partial charge in [0.25, 0.3) is 0 Å². The van der Waals surface area contributed by atoms with E-state index in [0.717, 1.165) is 25.7 Å². The molecule has 2 rings (SSSR count). The molecule has 1 heterocycles. The maximum Gasteiger partial charge on any atom is 0.0673 e. The molecule has 1 fully saturated rings. The number of ether oxygens (including phenoxy) is 1. The van der Waals surface area contributed by atoms with Crippen LogP contribution in [0.25, 0.3) is 0 Å². The normalized spacial score (nSPS) is 23.0. The highest BCUT2D eigenvalue weighted by Gasteiger charge is 2.15. The first-order chi connectivity index (χ1) is 8.38. The summed E-state index contributed by atoms with van der Waals surface area (Å²) >= 11 is 0. The smallest absolute Gasteiger partial charge is 0.0673 e. The predicted octanol–water partition coefficient (Wildman–Crippen LogP) is 1.80. The average molecular weight is 238 g/mol. The Morgan fingerprint density at radius 1 is 1.41 bits per heavy atom. The van der Waals surface area contributed by atoms with Gasteiger partial charge in [-0.25, -0.2) is 0 Å². The van der Waals surface area contributed by atoms with Gasteiger partial charge in [0.15, 0.2) is 0 Å². The molecule has 0 amide bonds. The zero-order valence-corrected chi connectivity index (χ0v) is 11.1. The van der Waals surface area contributed by atoms with E-state index >= 15 is 0 Å². The number of nitrogens with zero attached hydrogens (tertiary/aromatic N) is 1. The molecular formula is C14H26N2O. The third-order valence-electron chi connectivity index (χ3n) is 3.93. The van der Waals surface area contributed by atoms with E-state index in [1.54, 1.807) is 7.11 Å². The van der Waals surface area contributed by atoms with Crippen LogP contribution in [0.2, 0.25) is 0 Å². The Labute approximate surface area is 105 Å². The van der Waals surface area contributed by atoms with E-state index < -0.39 is 0 Å². The van der Waals surface area contributed by atoms with E-state index in [1.165, 1.54) is 50.8 Å². The lowest BCUT2D eigenvalue weighted by molar-refractivity contribution is 0.211. The summed E-state index contributed by atoms with van der Waals surface area (Å²) < 4.78 is 5.17. The van der Waals surface area contributed by atoms with E-state index in [2.05, 4.69) is 16.3 Å². The lowest BCUT2D eigenvalue weighted by Crippen LogP contribution is -2.38. The van der Waals surface area contributed by atoms with Crippen LogP contribution in [0.4, 0.5) is 0 Å². The highest BCUT2D eigenvalue weighted by Crippen LogP contribution is 2.17. The summed E-state index contributed by atoms with van der Waals surface area (Å²) in [6.45, 7) is 5.45. The third kappa shape index (κ3) is 4.41. The zero-order chi connectivity index (χ0) is 11.9. The van der Waals surface area contributed by atoms with Gasteiger partial charge in [-0.1, -0.05) is 18.9 Å². The Hall–Kier alpha value is -0.380. The summed E-state index contributed by atoms with van der Waals surface area (Å²) in [6.07, 6.45) is 9.13. The van der Waals surface area contributed by atoms with Crippen molar-refractivity contribution < 1.29 is 4.74 Å². The van der Waals surface area contributed by atoms with Gasteiger partial charge in [0.1, 0.15) is 0 Å². The number of methoxy groups -OCH3 is 1. The first-order valence-corrected chi connectivity index (χ1v) is 7.01. The van der Waals surface area contributed by atoms with Gasteiger partial charge in [-0.3, -0.25) is 4.90 Å². The van der Waals surface area contributed by atoms with Crippen molar-refractivity contribution in [2.24, 2.45) is 0 Å². The molecule has 3 nitrogen and oxygen atoms in total. The maximum absolute atomic E-state index is 5.17. The quantitative estimate of drug-likeness (QED) is 0.714. The zero-order valence-electron chi connectivity index (χ0n) is 11.1. The molecule has 0 aromatic heterocycles. The molecule has 1 saturated carbocycles. The van der Waals surface area contributed by atoms with E-state index in [9.17, 15) is 0 Å². The molecule has 0 radical (unpaired) electrons. The Bertz CT molecular complexity index is 247. The largest absolute Gasteiger partial charge is 0.380 e. The molecule has 1 aliphatic heterocycles. The van der Waals surface area contributed by atoms with Crippen LogP contribution >= 0.6 is 0 Å². The summed E-state index contributed by atoms with van der Waals surface area (Å²) in [7, 11) is 1.78. The van der Waals surface area contributed by atoms with Gasteiger partial charge >= 0.3 is 0 Å². The highest BCUT2D eigenvalue weighted by atomic mass is 16.5.